The van der Waals surface area contributed by atoms with Crippen molar-refractivity contribution in [2.24, 2.45) is 0 Å². The van der Waals surface area contributed by atoms with Crippen LogP contribution in [0.15, 0.2) is 18.2 Å². The summed E-state index contributed by atoms with van der Waals surface area (Å²) < 4.78 is 2.01. The van der Waals surface area contributed by atoms with Crippen LogP contribution < -0.4 is 5.32 Å². The summed E-state index contributed by atoms with van der Waals surface area (Å²) in [5, 5.41) is 8.94. The van der Waals surface area contributed by atoms with Crippen molar-refractivity contribution in [2.45, 2.75) is 73.8 Å². The molecular weight excluding hydrogens is 360 g/mol. The van der Waals surface area contributed by atoms with Gasteiger partial charge in [-0.25, -0.2) is 9.67 Å². The lowest BCUT2D eigenvalue weighted by molar-refractivity contribution is -0.116. The van der Waals surface area contributed by atoms with Crippen molar-refractivity contribution >= 4 is 22.6 Å². The van der Waals surface area contributed by atoms with Gasteiger partial charge in [0.2, 0.25) is 5.91 Å². The number of amides is 1. The van der Waals surface area contributed by atoms with Crippen LogP contribution in [0.2, 0.25) is 0 Å². The molecule has 0 fully saturated rings. The van der Waals surface area contributed by atoms with Crippen LogP contribution in [0.1, 0.15) is 60.8 Å². The summed E-state index contributed by atoms with van der Waals surface area (Å²) in [4.78, 5) is 17.5. The molecule has 0 radical (unpaired) electrons. The Morgan fingerprint density at radius 3 is 2.24 bits per heavy atom. The minimum absolute atomic E-state index is 0.0309. The van der Waals surface area contributed by atoms with Crippen LogP contribution in [0.25, 0.3) is 11.0 Å². The van der Waals surface area contributed by atoms with E-state index in [4.69, 9.17) is 10.1 Å². The number of hydrogen-bond acceptors (Lipinski definition) is 3. The third kappa shape index (κ3) is 4.04. The fourth-order valence-electron chi connectivity index (χ4n) is 3.99. The highest BCUT2D eigenvalue weighted by molar-refractivity contribution is 5.92. The Kier molecular flexibility index (Phi) is 5.52. The Morgan fingerprint density at radius 1 is 1.03 bits per heavy atom. The Balaban J connectivity index is 1.87. The number of benzene rings is 1. The molecule has 0 atom stereocenters. The van der Waals surface area contributed by atoms with E-state index in [9.17, 15) is 4.79 Å². The van der Waals surface area contributed by atoms with E-state index in [-0.39, 0.29) is 11.4 Å². The zero-order valence-corrected chi connectivity index (χ0v) is 18.9. The maximum absolute atomic E-state index is 12.6. The Hall–Kier alpha value is -2.69. The normalized spacial score (nSPS) is 11.9. The van der Waals surface area contributed by atoms with E-state index in [1.54, 1.807) is 0 Å². The zero-order valence-electron chi connectivity index (χ0n) is 18.9. The van der Waals surface area contributed by atoms with E-state index in [0.29, 0.717) is 12.8 Å². The van der Waals surface area contributed by atoms with Crippen LogP contribution in [0, 0.1) is 34.6 Å². The van der Waals surface area contributed by atoms with Gasteiger partial charge in [0.1, 0.15) is 0 Å². The topological polar surface area (TPSA) is 59.8 Å². The third-order valence-electron chi connectivity index (χ3n) is 5.56. The number of pyridine rings is 1. The van der Waals surface area contributed by atoms with Gasteiger partial charge in [0, 0.05) is 23.2 Å². The van der Waals surface area contributed by atoms with Crippen LogP contribution >= 0.6 is 0 Å². The molecule has 1 aromatic carbocycles. The molecule has 29 heavy (non-hydrogen) atoms. The number of nitrogens with zero attached hydrogens (tertiary/aromatic N) is 3. The number of rotatable bonds is 4. The van der Waals surface area contributed by atoms with Crippen LogP contribution in [-0.4, -0.2) is 20.7 Å². The summed E-state index contributed by atoms with van der Waals surface area (Å²) in [6, 6.07) is 6.04. The number of para-hydroxylation sites is 1. The van der Waals surface area contributed by atoms with Crippen molar-refractivity contribution in [1.82, 2.24) is 14.8 Å². The number of anilines is 1. The lowest BCUT2D eigenvalue weighted by atomic mass is 9.98. The Morgan fingerprint density at radius 2 is 1.66 bits per heavy atom. The highest BCUT2D eigenvalue weighted by atomic mass is 16.1. The minimum Gasteiger partial charge on any atom is -0.326 e. The standard InChI is InChI=1S/C24H32N4O/c1-14-10-9-11-15(2)22(14)26-20(29)13-12-19-16(3)21-18(5)27-28(24(6,7)8)23(21)25-17(19)4/h9-11H,12-13H2,1-8H3,(H,26,29). The van der Waals surface area contributed by atoms with Crippen molar-refractivity contribution in [3.8, 4) is 0 Å². The molecule has 0 aliphatic heterocycles. The minimum atomic E-state index is -0.134. The Bertz CT molecular complexity index is 1070. The first kappa shape index (κ1) is 21.0. The molecule has 154 valence electrons. The fraction of sp³-hybridized carbons (Fsp3) is 0.458. The van der Waals surface area contributed by atoms with E-state index >= 15 is 0 Å². The number of nitrogens with one attached hydrogen (secondary N) is 1. The first-order valence-electron chi connectivity index (χ1n) is 10.2. The SMILES string of the molecule is Cc1cccc(C)c1NC(=O)CCc1c(C)nc2c(c(C)nn2C(C)(C)C)c1C. The molecule has 3 rings (SSSR count). The van der Waals surface area contributed by atoms with Crippen molar-refractivity contribution in [3.63, 3.8) is 0 Å². The summed E-state index contributed by atoms with van der Waals surface area (Å²) in [7, 11) is 0. The molecule has 2 heterocycles. The molecule has 0 aliphatic rings. The van der Waals surface area contributed by atoms with Gasteiger partial charge in [-0.15, -0.1) is 0 Å². The second kappa shape index (κ2) is 7.62. The number of hydrogen-bond donors (Lipinski definition) is 1. The fourth-order valence-corrected chi connectivity index (χ4v) is 3.99. The van der Waals surface area contributed by atoms with Crippen molar-refractivity contribution in [1.29, 1.82) is 0 Å². The number of aryl methyl sites for hydroxylation is 5. The maximum atomic E-state index is 12.6. The van der Waals surface area contributed by atoms with Gasteiger partial charge < -0.3 is 5.32 Å². The predicted molar refractivity (Wildman–Crippen MR) is 120 cm³/mol. The second-order valence-electron chi connectivity index (χ2n) is 8.98. The van der Waals surface area contributed by atoms with Gasteiger partial charge in [0.05, 0.1) is 11.2 Å². The van der Waals surface area contributed by atoms with Gasteiger partial charge in [-0.2, -0.15) is 5.10 Å². The van der Waals surface area contributed by atoms with Crippen molar-refractivity contribution in [2.75, 3.05) is 5.32 Å². The first-order valence-corrected chi connectivity index (χ1v) is 10.2. The summed E-state index contributed by atoms with van der Waals surface area (Å²) in [5.41, 5.74) is 8.16. The van der Waals surface area contributed by atoms with Crippen LogP contribution in [0.5, 0.6) is 0 Å². The lowest BCUT2D eigenvalue weighted by Crippen LogP contribution is -2.23. The van der Waals surface area contributed by atoms with E-state index < -0.39 is 0 Å². The summed E-state index contributed by atoms with van der Waals surface area (Å²) in [6.45, 7) is 16.6. The van der Waals surface area contributed by atoms with Crippen LogP contribution in [0.3, 0.4) is 0 Å². The number of aromatic nitrogens is 3. The van der Waals surface area contributed by atoms with Crippen molar-refractivity contribution < 1.29 is 4.79 Å². The summed E-state index contributed by atoms with van der Waals surface area (Å²) in [6.07, 6.45) is 1.09. The molecule has 0 saturated carbocycles. The molecule has 0 bridgehead atoms. The molecule has 5 nitrogen and oxygen atoms in total. The third-order valence-corrected chi connectivity index (χ3v) is 5.56. The first-order chi connectivity index (χ1) is 13.5. The average molecular weight is 393 g/mol. The quantitative estimate of drug-likeness (QED) is 0.655. The van der Waals surface area contributed by atoms with Gasteiger partial charge in [-0.05, 0) is 84.1 Å². The number of carbonyl (C=O) groups is 1. The molecule has 2 aromatic heterocycles. The monoisotopic (exact) mass is 392 g/mol. The highest BCUT2D eigenvalue weighted by Crippen LogP contribution is 2.29. The van der Waals surface area contributed by atoms with Gasteiger partial charge >= 0.3 is 0 Å². The van der Waals surface area contributed by atoms with Crippen LogP contribution in [0.4, 0.5) is 5.69 Å². The van der Waals surface area contributed by atoms with Gasteiger partial charge in [-0.1, -0.05) is 18.2 Å². The van der Waals surface area contributed by atoms with E-state index in [2.05, 4.69) is 33.0 Å². The lowest BCUT2D eigenvalue weighted by Gasteiger charge is -2.20. The highest BCUT2D eigenvalue weighted by Gasteiger charge is 2.23. The van der Waals surface area contributed by atoms with Gasteiger partial charge in [0.15, 0.2) is 5.65 Å². The zero-order chi connectivity index (χ0) is 21.5. The summed E-state index contributed by atoms with van der Waals surface area (Å²) >= 11 is 0. The largest absolute Gasteiger partial charge is 0.326 e. The molecule has 5 heteroatoms. The molecular formula is C24H32N4O. The molecule has 0 aliphatic carbocycles. The Labute approximate surface area is 173 Å². The molecule has 3 aromatic rings. The number of fused-ring (bicyclic) bond motifs is 1. The molecule has 0 spiro atoms. The van der Waals surface area contributed by atoms with E-state index in [0.717, 1.165) is 44.8 Å². The maximum Gasteiger partial charge on any atom is 0.224 e. The van der Waals surface area contributed by atoms with Gasteiger partial charge in [-0.3, -0.25) is 4.79 Å². The summed E-state index contributed by atoms with van der Waals surface area (Å²) in [5.74, 6) is 0.0309. The molecule has 1 N–H and O–H groups in total. The average Bonchev–Trinajstić information content (AvgIpc) is 2.95. The predicted octanol–water partition coefficient (Wildman–Crippen LogP) is 5.30. The molecule has 1 amide bonds. The number of carbonyl (C=O) groups excluding carboxylic acids is 1. The second-order valence-corrected chi connectivity index (χ2v) is 8.98. The smallest absolute Gasteiger partial charge is 0.224 e. The van der Waals surface area contributed by atoms with E-state index in [1.165, 1.54) is 5.56 Å². The van der Waals surface area contributed by atoms with E-state index in [1.807, 2.05) is 50.6 Å². The molecule has 0 saturated heterocycles. The van der Waals surface area contributed by atoms with Crippen molar-refractivity contribution in [3.05, 3.63) is 51.8 Å². The molecule has 0 unspecified atom stereocenters. The van der Waals surface area contributed by atoms with Gasteiger partial charge in [0.25, 0.3) is 0 Å². The van der Waals surface area contributed by atoms with Crippen LogP contribution in [-0.2, 0) is 16.8 Å².